The first-order valence-corrected chi connectivity index (χ1v) is 11.0. The molecular weight excluding hydrogens is 600 g/mol. The fourth-order valence-electron chi connectivity index (χ4n) is 2.14. The van der Waals surface area contributed by atoms with Crippen LogP contribution in [0.3, 0.4) is 0 Å². The maximum absolute atomic E-state index is 5.14. The van der Waals surface area contributed by atoms with Gasteiger partial charge in [-0.15, -0.1) is 0 Å². The van der Waals surface area contributed by atoms with Gasteiger partial charge in [0.25, 0.3) is 0 Å². The Morgan fingerprint density at radius 3 is 0.222 bits per heavy atom. The van der Waals surface area contributed by atoms with E-state index >= 15 is 0 Å². The number of hydrogen-bond donors (Lipinski definition) is 15. The number of anilines is 15. The van der Waals surface area contributed by atoms with Gasteiger partial charge in [0.1, 0.15) is 0 Å². The number of hydrogen-bond acceptors (Lipinski definition) is 30. The molecule has 0 atom stereocenters. The standard InChI is InChI=1S/5C3H6N6/c5*4-1-7-2(5)9-3(6)8-1/h5*(H6,4,5,6,7,8,9). The third-order valence-electron chi connectivity index (χ3n) is 3.44. The molecule has 0 aromatic carbocycles. The van der Waals surface area contributed by atoms with Gasteiger partial charge in [0.15, 0.2) is 0 Å². The molecule has 0 saturated heterocycles. The molecule has 0 aliphatic carbocycles. The van der Waals surface area contributed by atoms with Gasteiger partial charge >= 0.3 is 0 Å². The fraction of sp³-hybridized carbons (Fsp3) is 0. The van der Waals surface area contributed by atoms with Crippen LogP contribution in [0, 0.1) is 0 Å². The Hall–Kier alpha value is -7.95. The molecule has 0 saturated carbocycles. The summed E-state index contributed by atoms with van der Waals surface area (Å²) in [7, 11) is 0. The van der Waals surface area contributed by atoms with Crippen molar-refractivity contribution in [2.45, 2.75) is 0 Å². The average molecular weight is 631 g/mol. The van der Waals surface area contributed by atoms with Crippen molar-refractivity contribution in [3.8, 4) is 0 Å². The third-order valence-corrected chi connectivity index (χ3v) is 3.44. The van der Waals surface area contributed by atoms with E-state index in [0.29, 0.717) is 0 Å². The van der Waals surface area contributed by atoms with E-state index in [0.717, 1.165) is 0 Å². The molecule has 5 rings (SSSR count). The highest BCUT2D eigenvalue weighted by Crippen LogP contribution is 2.00. The zero-order valence-corrected chi connectivity index (χ0v) is 22.9. The first kappa shape index (κ1) is 35.1. The molecule has 0 fully saturated rings. The van der Waals surface area contributed by atoms with Crippen molar-refractivity contribution in [1.82, 2.24) is 74.8 Å². The van der Waals surface area contributed by atoms with E-state index in [4.69, 9.17) is 86.0 Å². The zero-order valence-electron chi connectivity index (χ0n) is 22.9. The summed E-state index contributed by atoms with van der Waals surface area (Å²) in [5.41, 5.74) is 77.1. The summed E-state index contributed by atoms with van der Waals surface area (Å²) in [6.45, 7) is 0. The summed E-state index contributed by atoms with van der Waals surface area (Å²) in [5, 5.41) is 0. The zero-order chi connectivity index (χ0) is 34.3. The predicted octanol–water partition coefficient (Wildman–Crippen LogP) is -6.91. The molecule has 0 unspecified atom stereocenters. The lowest BCUT2D eigenvalue weighted by atomic mass is 10.9. The van der Waals surface area contributed by atoms with Gasteiger partial charge < -0.3 is 86.0 Å². The van der Waals surface area contributed by atoms with Gasteiger partial charge in [-0.2, -0.15) is 74.8 Å². The molecule has 5 heterocycles. The molecule has 0 amide bonds. The predicted molar refractivity (Wildman–Crippen MR) is 165 cm³/mol. The van der Waals surface area contributed by atoms with Crippen LogP contribution in [0.25, 0.3) is 0 Å². The first-order chi connectivity index (χ1) is 20.9. The summed E-state index contributed by atoms with van der Waals surface area (Å²) in [6.07, 6.45) is 0. The topological polar surface area (TPSA) is 584 Å². The number of nitrogens with zero attached hydrogens (tertiary/aromatic N) is 15. The fourth-order valence-corrected chi connectivity index (χ4v) is 2.14. The second-order valence-corrected chi connectivity index (χ2v) is 7.05. The minimum Gasteiger partial charge on any atom is -0.368 e. The summed E-state index contributed by atoms with van der Waals surface area (Å²) < 4.78 is 0. The van der Waals surface area contributed by atoms with E-state index in [1.54, 1.807) is 0 Å². The monoisotopic (exact) mass is 630 g/mol. The molecule has 0 spiro atoms. The molecule has 30 N–H and O–H groups in total. The molecule has 0 aliphatic heterocycles. The largest absolute Gasteiger partial charge is 0.368 e. The van der Waals surface area contributed by atoms with Crippen LogP contribution in [0.1, 0.15) is 0 Å². The van der Waals surface area contributed by atoms with Crippen molar-refractivity contribution >= 4 is 89.2 Å². The highest BCUT2D eigenvalue weighted by molar-refractivity contribution is 5.36. The molecule has 45 heavy (non-hydrogen) atoms. The molecule has 5 aromatic rings. The van der Waals surface area contributed by atoms with E-state index in [-0.39, 0.29) is 89.2 Å². The van der Waals surface area contributed by atoms with Crippen LogP contribution in [0.4, 0.5) is 89.2 Å². The van der Waals surface area contributed by atoms with Crippen molar-refractivity contribution in [1.29, 1.82) is 0 Å². The Morgan fingerprint density at radius 1 is 0.133 bits per heavy atom. The van der Waals surface area contributed by atoms with Crippen molar-refractivity contribution in [3.05, 3.63) is 0 Å². The van der Waals surface area contributed by atoms with Crippen molar-refractivity contribution in [2.75, 3.05) is 86.0 Å². The van der Waals surface area contributed by atoms with Crippen molar-refractivity contribution in [2.24, 2.45) is 0 Å². The minimum absolute atomic E-state index is 0.0417. The number of rotatable bonds is 0. The smallest absolute Gasteiger partial charge is 0.226 e. The molecule has 240 valence electrons. The highest BCUT2D eigenvalue weighted by atomic mass is 15.2. The second-order valence-electron chi connectivity index (χ2n) is 7.05. The van der Waals surface area contributed by atoms with Crippen LogP contribution in [0.15, 0.2) is 0 Å². The van der Waals surface area contributed by atoms with Crippen LogP contribution in [0.2, 0.25) is 0 Å². The van der Waals surface area contributed by atoms with Crippen LogP contribution in [-0.2, 0) is 0 Å². The normalized spacial score (nSPS) is 9.33. The lowest BCUT2D eigenvalue weighted by molar-refractivity contribution is 1.09. The van der Waals surface area contributed by atoms with Crippen molar-refractivity contribution < 1.29 is 0 Å². The molecule has 0 radical (unpaired) electrons. The van der Waals surface area contributed by atoms with E-state index in [9.17, 15) is 0 Å². The third kappa shape index (κ3) is 15.4. The van der Waals surface area contributed by atoms with Gasteiger partial charge in [-0.05, 0) is 0 Å². The number of nitrogen functional groups attached to an aromatic ring is 15. The average Bonchev–Trinajstić information content (AvgIpc) is 2.81. The van der Waals surface area contributed by atoms with E-state index in [1.807, 2.05) is 0 Å². The lowest BCUT2D eigenvalue weighted by Gasteiger charge is -1.93. The van der Waals surface area contributed by atoms with Gasteiger partial charge in [-0.1, -0.05) is 0 Å². The van der Waals surface area contributed by atoms with Gasteiger partial charge in [0.05, 0.1) is 0 Å². The summed E-state index contributed by atoms with van der Waals surface area (Å²) in [5.74, 6) is 0.625. The number of aromatic nitrogens is 15. The Kier molecular flexibility index (Phi) is 12.7. The van der Waals surface area contributed by atoms with Gasteiger partial charge in [-0.25, -0.2) is 0 Å². The Labute approximate surface area is 250 Å². The van der Waals surface area contributed by atoms with Crippen LogP contribution >= 0.6 is 0 Å². The SMILES string of the molecule is Nc1nc(N)nc(N)n1.Nc1nc(N)nc(N)n1.Nc1nc(N)nc(N)n1.Nc1nc(N)nc(N)n1.Nc1nc(N)nc(N)n1. The van der Waals surface area contributed by atoms with E-state index < -0.39 is 0 Å². The van der Waals surface area contributed by atoms with Crippen molar-refractivity contribution in [3.63, 3.8) is 0 Å². The van der Waals surface area contributed by atoms with Gasteiger partial charge in [0, 0.05) is 0 Å². The van der Waals surface area contributed by atoms with E-state index in [2.05, 4.69) is 74.8 Å². The highest BCUT2D eigenvalue weighted by Gasteiger charge is 1.97. The Bertz CT molecular complexity index is 1130. The summed E-state index contributed by atoms with van der Waals surface area (Å²) in [4.78, 5) is 52.3. The van der Waals surface area contributed by atoms with Crippen LogP contribution in [-0.4, -0.2) is 74.8 Å². The van der Waals surface area contributed by atoms with E-state index in [1.165, 1.54) is 0 Å². The molecule has 0 bridgehead atoms. The minimum atomic E-state index is 0.0417. The lowest BCUT2D eigenvalue weighted by Crippen LogP contribution is -2.05. The molecule has 0 aliphatic rings. The van der Waals surface area contributed by atoms with Crippen LogP contribution < -0.4 is 86.0 Å². The molecule has 5 aromatic heterocycles. The second kappa shape index (κ2) is 16.3. The Morgan fingerprint density at radius 2 is 0.178 bits per heavy atom. The summed E-state index contributed by atoms with van der Waals surface area (Å²) in [6, 6.07) is 0. The van der Waals surface area contributed by atoms with Crippen LogP contribution in [0.5, 0.6) is 0 Å². The molecule has 30 heteroatoms. The number of nitrogens with two attached hydrogens (primary N) is 15. The molecular formula is C15H30N30. The maximum Gasteiger partial charge on any atom is 0.226 e. The Balaban J connectivity index is 0.000000281. The first-order valence-electron chi connectivity index (χ1n) is 11.0. The quantitative estimate of drug-likeness (QED) is 0.0755. The van der Waals surface area contributed by atoms with Gasteiger partial charge in [-0.3, -0.25) is 0 Å². The molecule has 30 nitrogen and oxygen atoms in total. The van der Waals surface area contributed by atoms with Gasteiger partial charge in [0.2, 0.25) is 89.2 Å². The summed E-state index contributed by atoms with van der Waals surface area (Å²) >= 11 is 0. The maximum atomic E-state index is 5.14.